The van der Waals surface area contributed by atoms with E-state index in [9.17, 15) is 4.79 Å². The van der Waals surface area contributed by atoms with E-state index < -0.39 is 0 Å². The number of nitrogens with one attached hydrogen (secondary N) is 3. The molecule has 7 nitrogen and oxygen atoms in total. The zero-order chi connectivity index (χ0) is 20.8. The van der Waals surface area contributed by atoms with Gasteiger partial charge < -0.3 is 16.0 Å². The molecule has 8 heteroatoms. The van der Waals surface area contributed by atoms with Gasteiger partial charge in [-0.15, -0.1) is 0 Å². The summed E-state index contributed by atoms with van der Waals surface area (Å²) in [5, 5.41) is 9.27. The fourth-order valence-electron chi connectivity index (χ4n) is 2.69. The van der Waals surface area contributed by atoms with Gasteiger partial charge in [-0.3, -0.25) is 4.79 Å². The highest BCUT2D eigenvalue weighted by Gasteiger charge is 2.09. The maximum atomic E-state index is 12.4. The number of hydrogen-bond donors (Lipinski definition) is 3. The highest BCUT2D eigenvalue weighted by Crippen LogP contribution is 2.21. The molecule has 0 unspecified atom stereocenters. The Morgan fingerprint density at radius 3 is 2.17 bits per heavy atom. The number of benzene rings is 2. The van der Waals surface area contributed by atoms with Crippen LogP contribution < -0.4 is 16.0 Å². The summed E-state index contributed by atoms with van der Waals surface area (Å²) in [6.45, 7) is 0. The van der Waals surface area contributed by atoms with Gasteiger partial charge in [0.05, 0.1) is 5.56 Å². The van der Waals surface area contributed by atoms with Gasteiger partial charge in [-0.25, -0.2) is 15.0 Å². The summed E-state index contributed by atoms with van der Waals surface area (Å²) >= 11 is 2.15. The minimum Gasteiger partial charge on any atom is -0.340 e. The fourth-order valence-corrected chi connectivity index (χ4v) is 3.32. The molecule has 0 aliphatic heterocycles. The third-order valence-electron chi connectivity index (χ3n) is 4.12. The van der Waals surface area contributed by atoms with Crippen molar-refractivity contribution in [3.05, 3.63) is 94.5 Å². The summed E-state index contributed by atoms with van der Waals surface area (Å²) < 4.78 is 0.907. The maximum Gasteiger partial charge on any atom is 0.256 e. The van der Waals surface area contributed by atoms with Crippen molar-refractivity contribution in [2.45, 2.75) is 0 Å². The van der Waals surface area contributed by atoms with Crippen LogP contribution in [0.1, 0.15) is 10.4 Å². The van der Waals surface area contributed by atoms with Crippen LogP contribution in [0.2, 0.25) is 0 Å². The van der Waals surface area contributed by atoms with Crippen LogP contribution >= 0.6 is 22.6 Å². The van der Waals surface area contributed by atoms with Crippen molar-refractivity contribution in [3.63, 3.8) is 0 Å². The largest absolute Gasteiger partial charge is 0.340 e. The SMILES string of the molecule is O=C(Nc1ccc(Nc2cc(Nc3ccccn3)ncn2)cc1)c1ccccc1I. The zero-order valence-electron chi connectivity index (χ0n) is 15.7. The fraction of sp³-hybridized carbons (Fsp3) is 0. The van der Waals surface area contributed by atoms with Gasteiger partial charge in [-0.1, -0.05) is 18.2 Å². The van der Waals surface area contributed by atoms with Crippen molar-refractivity contribution in [1.82, 2.24) is 15.0 Å². The van der Waals surface area contributed by atoms with Gasteiger partial charge in [-0.2, -0.15) is 0 Å². The minimum atomic E-state index is -0.137. The number of hydrogen-bond acceptors (Lipinski definition) is 6. The van der Waals surface area contributed by atoms with Gasteiger partial charge in [0.15, 0.2) is 0 Å². The third kappa shape index (κ3) is 5.09. The number of rotatable bonds is 6. The Labute approximate surface area is 187 Å². The van der Waals surface area contributed by atoms with Gasteiger partial charge in [0.2, 0.25) is 0 Å². The van der Waals surface area contributed by atoms with Gasteiger partial charge in [-0.05, 0) is 71.1 Å². The molecular formula is C22H17IN6O. The standard InChI is InChI=1S/C22H17IN6O/c23-18-6-2-1-5-17(18)22(30)28-16-10-8-15(9-11-16)27-20-13-21(26-14-25-20)29-19-7-3-4-12-24-19/h1-14H,(H,28,30)(H2,24,25,26,27,29). The first-order chi connectivity index (χ1) is 14.7. The molecular weight excluding hydrogens is 491 g/mol. The van der Waals surface area contributed by atoms with Crippen molar-refractivity contribution < 1.29 is 4.79 Å². The lowest BCUT2D eigenvalue weighted by molar-refractivity contribution is 0.102. The molecule has 0 fully saturated rings. The molecule has 0 radical (unpaired) electrons. The highest BCUT2D eigenvalue weighted by atomic mass is 127. The molecule has 0 saturated heterocycles. The van der Waals surface area contributed by atoms with Crippen molar-refractivity contribution in [2.75, 3.05) is 16.0 Å². The molecule has 3 N–H and O–H groups in total. The van der Waals surface area contributed by atoms with Crippen LogP contribution in [-0.4, -0.2) is 20.9 Å². The van der Waals surface area contributed by atoms with E-state index in [-0.39, 0.29) is 5.91 Å². The molecule has 0 atom stereocenters. The molecule has 0 aliphatic rings. The maximum absolute atomic E-state index is 12.4. The molecule has 0 bridgehead atoms. The number of anilines is 5. The average Bonchev–Trinajstić information content (AvgIpc) is 2.76. The lowest BCUT2D eigenvalue weighted by Crippen LogP contribution is -2.13. The third-order valence-corrected chi connectivity index (χ3v) is 5.06. The Bertz CT molecular complexity index is 1150. The molecule has 2 heterocycles. The summed E-state index contributed by atoms with van der Waals surface area (Å²) in [6.07, 6.45) is 3.19. The molecule has 0 aliphatic carbocycles. The number of aromatic nitrogens is 3. The predicted octanol–water partition coefficient (Wildman–Crippen LogP) is 5.22. The van der Waals surface area contributed by atoms with E-state index in [1.165, 1.54) is 6.33 Å². The van der Waals surface area contributed by atoms with E-state index in [0.29, 0.717) is 28.7 Å². The summed E-state index contributed by atoms with van der Waals surface area (Å²) in [5.74, 6) is 1.84. The van der Waals surface area contributed by atoms with Crippen LogP contribution in [0.4, 0.5) is 28.8 Å². The van der Waals surface area contributed by atoms with Crippen LogP contribution in [0.25, 0.3) is 0 Å². The number of carbonyl (C=O) groups excluding carboxylic acids is 1. The number of carbonyl (C=O) groups is 1. The first-order valence-electron chi connectivity index (χ1n) is 9.10. The topological polar surface area (TPSA) is 91.8 Å². The molecule has 0 saturated carbocycles. The van der Waals surface area contributed by atoms with E-state index >= 15 is 0 Å². The Morgan fingerprint density at radius 2 is 1.43 bits per heavy atom. The first kappa shape index (κ1) is 19.8. The van der Waals surface area contributed by atoms with E-state index in [2.05, 4.69) is 53.5 Å². The highest BCUT2D eigenvalue weighted by molar-refractivity contribution is 14.1. The van der Waals surface area contributed by atoms with Crippen LogP contribution in [0.15, 0.2) is 85.3 Å². The van der Waals surface area contributed by atoms with E-state index in [1.54, 1.807) is 18.3 Å². The monoisotopic (exact) mass is 508 g/mol. The van der Waals surface area contributed by atoms with Gasteiger partial charge >= 0.3 is 0 Å². The van der Waals surface area contributed by atoms with Crippen LogP contribution in [0, 0.1) is 3.57 Å². The Kier molecular flexibility index (Phi) is 6.14. The van der Waals surface area contributed by atoms with Crippen LogP contribution in [0.5, 0.6) is 0 Å². The van der Waals surface area contributed by atoms with Crippen LogP contribution in [0.3, 0.4) is 0 Å². The second kappa shape index (κ2) is 9.31. The van der Waals surface area contributed by atoms with Crippen molar-refractivity contribution >= 4 is 57.3 Å². The average molecular weight is 508 g/mol. The Morgan fingerprint density at radius 1 is 0.733 bits per heavy atom. The second-order valence-electron chi connectivity index (χ2n) is 6.26. The van der Waals surface area contributed by atoms with E-state index in [4.69, 9.17) is 0 Å². The number of amides is 1. The van der Waals surface area contributed by atoms with Gasteiger partial charge in [0, 0.05) is 27.2 Å². The Hall–Kier alpha value is -3.53. The number of halogens is 1. The first-order valence-corrected chi connectivity index (χ1v) is 10.2. The second-order valence-corrected chi connectivity index (χ2v) is 7.43. The van der Waals surface area contributed by atoms with Gasteiger partial charge in [0.25, 0.3) is 5.91 Å². The molecule has 0 spiro atoms. The van der Waals surface area contributed by atoms with Gasteiger partial charge in [0.1, 0.15) is 23.8 Å². The Balaban J connectivity index is 1.41. The summed E-state index contributed by atoms with van der Waals surface area (Å²) in [4.78, 5) is 25.1. The lowest BCUT2D eigenvalue weighted by atomic mass is 10.2. The van der Waals surface area contributed by atoms with Crippen molar-refractivity contribution in [3.8, 4) is 0 Å². The smallest absolute Gasteiger partial charge is 0.256 e. The summed E-state index contributed by atoms with van der Waals surface area (Å²) in [5.41, 5.74) is 2.20. The molecule has 1 amide bonds. The molecule has 2 aromatic heterocycles. The van der Waals surface area contributed by atoms with E-state index in [1.807, 2.05) is 60.7 Å². The van der Waals surface area contributed by atoms with Crippen molar-refractivity contribution in [2.24, 2.45) is 0 Å². The molecule has 148 valence electrons. The normalized spacial score (nSPS) is 10.3. The predicted molar refractivity (Wildman–Crippen MR) is 126 cm³/mol. The van der Waals surface area contributed by atoms with E-state index in [0.717, 1.165) is 9.26 Å². The lowest BCUT2D eigenvalue weighted by Gasteiger charge is -2.10. The molecule has 4 aromatic rings. The molecule has 4 rings (SSSR count). The number of nitrogens with zero attached hydrogens (tertiary/aromatic N) is 3. The van der Waals surface area contributed by atoms with Crippen molar-refractivity contribution in [1.29, 1.82) is 0 Å². The molecule has 2 aromatic carbocycles. The molecule has 30 heavy (non-hydrogen) atoms. The number of pyridine rings is 1. The van der Waals surface area contributed by atoms with Crippen LogP contribution in [-0.2, 0) is 0 Å². The summed E-state index contributed by atoms with van der Waals surface area (Å²) in [7, 11) is 0. The summed E-state index contributed by atoms with van der Waals surface area (Å²) in [6, 6.07) is 22.3. The minimum absolute atomic E-state index is 0.137. The quantitative estimate of drug-likeness (QED) is 0.310. The zero-order valence-corrected chi connectivity index (χ0v) is 17.9.